The van der Waals surface area contributed by atoms with E-state index in [1.165, 1.54) is 0 Å². The molecule has 176 valence electrons. The zero-order chi connectivity index (χ0) is 24.8. The van der Waals surface area contributed by atoms with Gasteiger partial charge in [0.25, 0.3) is 0 Å². The first-order valence-corrected chi connectivity index (χ1v) is 12.0. The van der Waals surface area contributed by atoms with Crippen LogP contribution in [-0.2, 0) is 5.41 Å². The minimum atomic E-state index is -0.791. The quantitative estimate of drug-likeness (QED) is 0.494. The standard InChI is InChI=1S/C31H22O5/c1-35-25-9-5-8-20-28(25)24(34)15-16-14-23(33)17-6-3-4-7-18(17)30-19-10-12-22(32)29-26(36-2)13-11-21(27(19)29)31(16,20)30/h3-13,16H,14-15H2,1-2H3/t16-,31-/m0/s1. The van der Waals surface area contributed by atoms with Crippen molar-refractivity contribution in [3.8, 4) is 11.5 Å². The molecule has 0 aliphatic heterocycles. The Bertz CT molecular complexity index is 1620. The summed E-state index contributed by atoms with van der Waals surface area (Å²) in [4.78, 5) is 40.4. The van der Waals surface area contributed by atoms with E-state index < -0.39 is 5.41 Å². The Hall–Kier alpha value is -4.25. The lowest BCUT2D eigenvalue weighted by Gasteiger charge is -2.44. The number of rotatable bonds is 2. The van der Waals surface area contributed by atoms with Gasteiger partial charge in [0.05, 0.1) is 30.8 Å². The van der Waals surface area contributed by atoms with Crippen LogP contribution in [0.3, 0.4) is 0 Å². The first-order chi connectivity index (χ1) is 17.5. The minimum absolute atomic E-state index is 0.0265. The third-order valence-electron chi connectivity index (χ3n) is 8.32. The molecule has 0 N–H and O–H groups in total. The van der Waals surface area contributed by atoms with Gasteiger partial charge in [0, 0.05) is 24.0 Å². The first kappa shape index (κ1) is 21.1. The van der Waals surface area contributed by atoms with Gasteiger partial charge in [0.2, 0.25) is 0 Å². The fourth-order valence-electron chi connectivity index (χ4n) is 7.07. The molecule has 0 amide bonds. The number of fused-ring (bicyclic) bond motifs is 3. The van der Waals surface area contributed by atoms with Crippen LogP contribution < -0.4 is 9.47 Å². The van der Waals surface area contributed by atoms with Crippen molar-refractivity contribution in [3.63, 3.8) is 0 Å². The van der Waals surface area contributed by atoms with E-state index in [0.717, 1.165) is 33.4 Å². The fraction of sp³-hybridized carbons (Fsp3) is 0.194. The number of hydrogen-bond acceptors (Lipinski definition) is 5. The van der Waals surface area contributed by atoms with Crippen molar-refractivity contribution < 1.29 is 23.9 Å². The lowest BCUT2D eigenvalue weighted by molar-refractivity contribution is 0.0884. The Kier molecular flexibility index (Phi) is 4.18. The smallest absolute Gasteiger partial charge is 0.190 e. The SMILES string of the molecule is COc1cccc2c1C(=O)C[C@@H]1CC(=O)c3ccccc3C3=C4C=CC(=O)c5c(OC)ccc(c54)[C@@]321. The second-order valence-electron chi connectivity index (χ2n) is 9.74. The van der Waals surface area contributed by atoms with E-state index in [0.29, 0.717) is 28.2 Å². The van der Waals surface area contributed by atoms with E-state index in [-0.39, 0.29) is 36.1 Å². The number of carbonyl (C=O) groups excluding carboxylic acids is 3. The molecular weight excluding hydrogens is 452 g/mol. The van der Waals surface area contributed by atoms with Crippen LogP contribution >= 0.6 is 0 Å². The lowest BCUT2D eigenvalue weighted by Crippen LogP contribution is -2.42. The van der Waals surface area contributed by atoms with Crippen LogP contribution in [-0.4, -0.2) is 31.6 Å². The molecule has 36 heavy (non-hydrogen) atoms. The molecule has 0 fully saturated rings. The summed E-state index contributed by atoms with van der Waals surface area (Å²) in [7, 11) is 3.14. The molecule has 4 aliphatic rings. The van der Waals surface area contributed by atoms with Crippen LogP contribution in [0.25, 0.3) is 11.1 Å². The van der Waals surface area contributed by atoms with Crippen LogP contribution in [0.5, 0.6) is 11.5 Å². The Balaban J connectivity index is 1.73. The molecule has 0 radical (unpaired) electrons. The maximum atomic E-state index is 13.6. The second-order valence-corrected chi connectivity index (χ2v) is 9.74. The summed E-state index contributed by atoms with van der Waals surface area (Å²) in [6.07, 6.45) is 3.90. The molecule has 7 rings (SSSR count). The summed E-state index contributed by atoms with van der Waals surface area (Å²) in [5.41, 5.74) is 6.30. The van der Waals surface area contributed by atoms with Gasteiger partial charge < -0.3 is 9.47 Å². The van der Waals surface area contributed by atoms with Crippen molar-refractivity contribution in [2.24, 2.45) is 5.92 Å². The number of hydrogen-bond donors (Lipinski definition) is 0. The highest BCUT2D eigenvalue weighted by Gasteiger charge is 2.59. The third kappa shape index (κ3) is 2.33. The zero-order valence-corrected chi connectivity index (χ0v) is 19.9. The molecule has 1 spiro atoms. The van der Waals surface area contributed by atoms with Crippen LogP contribution in [0.15, 0.2) is 66.7 Å². The van der Waals surface area contributed by atoms with Crippen molar-refractivity contribution in [2.75, 3.05) is 14.2 Å². The topological polar surface area (TPSA) is 69.7 Å². The van der Waals surface area contributed by atoms with Crippen molar-refractivity contribution in [3.05, 3.63) is 106 Å². The summed E-state index contributed by atoms with van der Waals surface area (Å²) in [5, 5.41) is 0. The Morgan fingerprint density at radius 3 is 2.17 bits per heavy atom. The van der Waals surface area contributed by atoms with Crippen molar-refractivity contribution in [1.82, 2.24) is 0 Å². The van der Waals surface area contributed by atoms with Gasteiger partial charge in [0.1, 0.15) is 11.5 Å². The average molecular weight is 475 g/mol. The molecule has 0 unspecified atom stereocenters. The maximum absolute atomic E-state index is 13.6. The van der Waals surface area contributed by atoms with Crippen LogP contribution in [0.4, 0.5) is 0 Å². The number of benzene rings is 3. The molecule has 5 nitrogen and oxygen atoms in total. The molecule has 5 heteroatoms. The van der Waals surface area contributed by atoms with E-state index in [2.05, 4.69) is 0 Å². The largest absolute Gasteiger partial charge is 0.496 e. The van der Waals surface area contributed by atoms with Gasteiger partial charge in [-0.3, -0.25) is 14.4 Å². The molecule has 0 bridgehead atoms. The Morgan fingerprint density at radius 2 is 1.39 bits per heavy atom. The fourth-order valence-corrected chi connectivity index (χ4v) is 7.07. The molecule has 0 aromatic heterocycles. The summed E-state index contributed by atoms with van der Waals surface area (Å²) in [5.74, 6) is 0.633. The first-order valence-electron chi connectivity index (χ1n) is 12.0. The van der Waals surface area contributed by atoms with Gasteiger partial charge in [-0.15, -0.1) is 0 Å². The molecule has 0 saturated carbocycles. The highest BCUT2D eigenvalue weighted by atomic mass is 16.5. The molecule has 3 aromatic rings. The molecule has 2 atom stereocenters. The normalized spacial score (nSPS) is 22.8. The molecule has 3 aromatic carbocycles. The van der Waals surface area contributed by atoms with Gasteiger partial charge in [-0.1, -0.05) is 48.5 Å². The minimum Gasteiger partial charge on any atom is -0.496 e. The average Bonchev–Trinajstić information content (AvgIpc) is 3.14. The van der Waals surface area contributed by atoms with E-state index in [1.54, 1.807) is 20.3 Å². The summed E-state index contributed by atoms with van der Waals surface area (Å²) < 4.78 is 11.3. The summed E-state index contributed by atoms with van der Waals surface area (Å²) in [6.45, 7) is 0. The number of ether oxygens (including phenoxy) is 2. The summed E-state index contributed by atoms with van der Waals surface area (Å²) >= 11 is 0. The van der Waals surface area contributed by atoms with Crippen molar-refractivity contribution >= 4 is 28.5 Å². The van der Waals surface area contributed by atoms with Gasteiger partial charge in [-0.05, 0) is 52.0 Å². The maximum Gasteiger partial charge on any atom is 0.190 e. The zero-order valence-electron chi connectivity index (χ0n) is 19.9. The molecule has 0 heterocycles. The van der Waals surface area contributed by atoms with Crippen molar-refractivity contribution in [1.29, 1.82) is 0 Å². The second kappa shape index (κ2) is 7.14. The molecule has 0 saturated heterocycles. The number of Topliss-reactive ketones (excluding diaryl/α,β-unsaturated/α-hetero) is 2. The van der Waals surface area contributed by atoms with Gasteiger partial charge in [-0.25, -0.2) is 0 Å². The number of allylic oxidation sites excluding steroid dienone is 4. The van der Waals surface area contributed by atoms with E-state index in [9.17, 15) is 14.4 Å². The van der Waals surface area contributed by atoms with Gasteiger partial charge in [-0.2, -0.15) is 0 Å². The highest BCUT2D eigenvalue weighted by Crippen LogP contribution is 2.66. The monoisotopic (exact) mass is 474 g/mol. The van der Waals surface area contributed by atoms with Gasteiger partial charge >= 0.3 is 0 Å². The predicted octanol–water partition coefficient (Wildman–Crippen LogP) is 5.46. The highest BCUT2D eigenvalue weighted by molar-refractivity contribution is 6.23. The van der Waals surface area contributed by atoms with E-state index in [4.69, 9.17) is 9.47 Å². The Labute approximate surface area is 208 Å². The lowest BCUT2D eigenvalue weighted by atomic mass is 9.56. The Morgan fingerprint density at radius 1 is 0.694 bits per heavy atom. The summed E-state index contributed by atoms with van der Waals surface area (Å²) in [6, 6.07) is 17.2. The number of methoxy groups -OCH3 is 2. The third-order valence-corrected chi connectivity index (χ3v) is 8.32. The van der Waals surface area contributed by atoms with Crippen LogP contribution in [0.1, 0.15) is 66.2 Å². The molecular formula is C31H22O5. The van der Waals surface area contributed by atoms with E-state index >= 15 is 0 Å². The van der Waals surface area contributed by atoms with Crippen molar-refractivity contribution in [2.45, 2.75) is 18.3 Å². The van der Waals surface area contributed by atoms with Gasteiger partial charge in [0.15, 0.2) is 17.3 Å². The van der Waals surface area contributed by atoms with Crippen LogP contribution in [0.2, 0.25) is 0 Å². The van der Waals surface area contributed by atoms with Crippen LogP contribution in [0, 0.1) is 5.92 Å². The molecule has 4 aliphatic carbocycles. The number of carbonyl (C=O) groups is 3. The number of ketones is 3. The predicted molar refractivity (Wildman–Crippen MR) is 135 cm³/mol. The van der Waals surface area contributed by atoms with E-state index in [1.807, 2.05) is 60.7 Å².